The number of fused-ring (bicyclic) bond motifs is 2. The van der Waals surface area contributed by atoms with Crippen LogP contribution in [0.5, 0.6) is 5.75 Å². The van der Waals surface area contributed by atoms with Crippen molar-refractivity contribution in [2.75, 3.05) is 58.0 Å². The van der Waals surface area contributed by atoms with Gasteiger partial charge in [-0.2, -0.15) is 0 Å². The maximum atomic E-state index is 11.6. The number of thiazole rings is 1. The lowest BCUT2D eigenvalue weighted by Gasteiger charge is -2.29. The van der Waals surface area contributed by atoms with E-state index in [-0.39, 0.29) is 6.61 Å². The Bertz CT molecular complexity index is 1110. The Morgan fingerprint density at radius 1 is 1.18 bits per heavy atom. The van der Waals surface area contributed by atoms with Gasteiger partial charge in [-0.3, -0.25) is 0 Å². The summed E-state index contributed by atoms with van der Waals surface area (Å²) in [6.07, 6.45) is 0.684. The molecule has 2 aliphatic heterocycles. The number of hydrogen-bond donors (Lipinski definition) is 1. The Balaban J connectivity index is 1.40. The number of hydrogen-bond acceptors (Lipinski definition) is 10. The summed E-state index contributed by atoms with van der Waals surface area (Å²) in [7, 11) is 1.67. The molecule has 1 saturated heterocycles. The fourth-order valence-corrected chi connectivity index (χ4v) is 5.24. The van der Waals surface area contributed by atoms with Gasteiger partial charge in [0.05, 0.1) is 43.0 Å². The molecule has 1 fully saturated rings. The number of aromatic nitrogens is 3. The summed E-state index contributed by atoms with van der Waals surface area (Å²) in [5.74, 6) is 1.51. The zero-order chi connectivity index (χ0) is 22.8. The Hall–Kier alpha value is -2.89. The quantitative estimate of drug-likeness (QED) is 0.560. The van der Waals surface area contributed by atoms with Crippen molar-refractivity contribution < 1.29 is 23.8 Å². The van der Waals surface area contributed by atoms with Crippen molar-refractivity contribution >= 4 is 33.4 Å². The number of aromatic amines is 1. The number of carbonyl (C=O) groups excluding carboxylic acids is 1. The van der Waals surface area contributed by atoms with Gasteiger partial charge in [-0.05, 0) is 19.1 Å². The van der Waals surface area contributed by atoms with E-state index in [9.17, 15) is 4.79 Å². The smallest absolute Gasteiger partial charge is 0.494 e. The highest BCUT2D eigenvalue weighted by Crippen LogP contribution is 2.40. The molecule has 0 radical (unpaired) electrons. The van der Waals surface area contributed by atoms with Gasteiger partial charge in [0.25, 0.3) is 0 Å². The number of anilines is 1. The van der Waals surface area contributed by atoms with E-state index in [1.54, 1.807) is 30.4 Å². The zero-order valence-electron chi connectivity index (χ0n) is 18.8. The molecule has 3 aromatic rings. The van der Waals surface area contributed by atoms with Gasteiger partial charge >= 0.3 is 6.16 Å². The van der Waals surface area contributed by atoms with Crippen LogP contribution in [-0.2, 0) is 27.2 Å². The highest BCUT2D eigenvalue weighted by molar-refractivity contribution is 7.22. The second-order valence-corrected chi connectivity index (χ2v) is 8.80. The number of benzene rings is 1. The van der Waals surface area contributed by atoms with Crippen LogP contribution in [0.15, 0.2) is 12.1 Å². The monoisotopic (exact) mass is 473 g/mol. The molecule has 0 atom stereocenters. The fourth-order valence-electron chi connectivity index (χ4n) is 4.17. The second-order valence-electron chi connectivity index (χ2n) is 7.80. The number of morpholine rings is 1. The lowest BCUT2D eigenvalue weighted by molar-refractivity contribution is -0.124. The van der Waals surface area contributed by atoms with E-state index in [1.807, 2.05) is 6.07 Å². The predicted octanol–water partition coefficient (Wildman–Crippen LogP) is 3.02. The molecule has 4 heterocycles. The maximum Gasteiger partial charge on any atom is 0.527 e. The average Bonchev–Trinajstić information content (AvgIpc) is 3.41. The van der Waals surface area contributed by atoms with E-state index in [0.29, 0.717) is 25.9 Å². The molecule has 176 valence electrons. The van der Waals surface area contributed by atoms with Gasteiger partial charge in [-0.1, -0.05) is 0 Å². The number of methoxy groups -OCH3 is 1. The van der Waals surface area contributed by atoms with Gasteiger partial charge in [-0.15, -0.1) is 16.4 Å². The molecule has 0 unspecified atom stereocenters. The molecular weight excluding hydrogens is 446 g/mol. The Morgan fingerprint density at radius 3 is 2.79 bits per heavy atom. The van der Waals surface area contributed by atoms with E-state index in [0.717, 1.165) is 70.2 Å². The van der Waals surface area contributed by atoms with Crippen LogP contribution in [-0.4, -0.2) is 79.3 Å². The predicted molar refractivity (Wildman–Crippen MR) is 124 cm³/mol. The minimum atomic E-state index is -0.670. The van der Waals surface area contributed by atoms with Crippen LogP contribution in [0.2, 0.25) is 0 Å². The highest BCUT2D eigenvalue weighted by atomic mass is 32.1. The number of hydroxylamine groups is 2. The van der Waals surface area contributed by atoms with E-state index in [2.05, 4.69) is 16.0 Å². The first kappa shape index (κ1) is 21.9. The molecule has 33 heavy (non-hydrogen) atoms. The van der Waals surface area contributed by atoms with Gasteiger partial charge < -0.3 is 28.9 Å². The number of ether oxygens (including phenoxy) is 3. The first-order chi connectivity index (χ1) is 16.2. The molecule has 0 aliphatic carbocycles. The number of rotatable bonds is 5. The normalized spacial score (nSPS) is 17.0. The van der Waals surface area contributed by atoms with Crippen LogP contribution in [0.25, 0.3) is 21.0 Å². The summed E-state index contributed by atoms with van der Waals surface area (Å²) in [5, 5.41) is 2.46. The van der Waals surface area contributed by atoms with Crippen molar-refractivity contribution in [3.8, 4) is 16.6 Å². The summed E-state index contributed by atoms with van der Waals surface area (Å²) in [5.41, 5.74) is 4.01. The van der Waals surface area contributed by atoms with Crippen molar-refractivity contribution in [3.63, 3.8) is 0 Å². The molecule has 5 rings (SSSR count). The standard InChI is InChI=1S/C22H27N5O5S/c1-3-31-22(28)32-27-8-6-14-15(7-9-27)24-20(23-14)21-25-18-17(29-2)5-4-16(19(18)33-21)26-10-12-30-13-11-26/h4-5H,3,6-13H2,1-2H3,(H,23,24). The number of imidazole rings is 1. The SMILES string of the molecule is CCOC(=O)ON1CCc2nc(-c3nc4c(OC)ccc(N5CCOCC5)c4s3)[nH]c2CC1. The molecule has 0 spiro atoms. The van der Waals surface area contributed by atoms with Crippen LogP contribution in [0, 0.1) is 0 Å². The largest absolute Gasteiger partial charge is 0.527 e. The van der Waals surface area contributed by atoms with Crippen molar-refractivity contribution in [2.45, 2.75) is 19.8 Å². The first-order valence-corrected chi connectivity index (χ1v) is 12.0. The third kappa shape index (κ3) is 4.48. The van der Waals surface area contributed by atoms with E-state index in [4.69, 9.17) is 29.0 Å². The molecule has 10 nitrogen and oxygen atoms in total. The third-order valence-electron chi connectivity index (χ3n) is 5.80. The minimum absolute atomic E-state index is 0.289. The van der Waals surface area contributed by atoms with Crippen LogP contribution < -0.4 is 9.64 Å². The van der Waals surface area contributed by atoms with E-state index < -0.39 is 6.16 Å². The molecule has 2 aliphatic rings. The van der Waals surface area contributed by atoms with Gasteiger partial charge in [0.1, 0.15) is 11.3 Å². The summed E-state index contributed by atoms with van der Waals surface area (Å²) >= 11 is 1.62. The number of nitrogens with zero attached hydrogens (tertiary/aromatic N) is 4. The Labute approximate surface area is 195 Å². The zero-order valence-corrected chi connectivity index (χ0v) is 19.6. The number of nitrogens with one attached hydrogen (secondary N) is 1. The second kappa shape index (κ2) is 9.54. The van der Waals surface area contributed by atoms with Crippen molar-refractivity contribution in [3.05, 3.63) is 23.5 Å². The van der Waals surface area contributed by atoms with Crippen LogP contribution in [0.3, 0.4) is 0 Å². The topological polar surface area (TPSA) is 102 Å². The average molecular weight is 474 g/mol. The molecule has 1 aromatic carbocycles. The van der Waals surface area contributed by atoms with Crippen LogP contribution >= 0.6 is 11.3 Å². The molecule has 1 N–H and O–H groups in total. The van der Waals surface area contributed by atoms with Crippen LogP contribution in [0.4, 0.5) is 10.5 Å². The molecule has 0 bridgehead atoms. The van der Waals surface area contributed by atoms with Gasteiger partial charge in [-0.25, -0.2) is 14.8 Å². The summed E-state index contributed by atoms with van der Waals surface area (Å²) in [4.78, 5) is 32.4. The Kier molecular flexibility index (Phi) is 6.34. The van der Waals surface area contributed by atoms with Crippen LogP contribution in [0.1, 0.15) is 18.3 Å². The van der Waals surface area contributed by atoms with E-state index >= 15 is 0 Å². The fraction of sp³-hybridized carbons (Fsp3) is 0.500. The molecule has 0 saturated carbocycles. The van der Waals surface area contributed by atoms with Gasteiger partial charge in [0.2, 0.25) is 0 Å². The summed E-state index contributed by atoms with van der Waals surface area (Å²) in [6, 6.07) is 4.08. The molecule has 0 amide bonds. The molecular formula is C22H27N5O5S. The van der Waals surface area contributed by atoms with Gasteiger partial charge in [0.15, 0.2) is 10.8 Å². The van der Waals surface area contributed by atoms with Crippen molar-refractivity contribution in [1.29, 1.82) is 0 Å². The maximum absolute atomic E-state index is 11.6. The third-order valence-corrected chi connectivity index (χ3v) is 6.88. The lowest BCUT2D eigenvalue weighted by Crippen LogP contribution is -2.36. The Morgan fingerprint density at radius 2 is 2.00 bits per heavy atom. The first-order valence-electron chi connectivity index (χ1n) is 11.1. The van der Waals surface area contributed by atoms with Crippen molar-refractivity contribution in [1.82, 2.24) is 20.0 Å². The highest BCUT2D eigenvalue weighted by Gasteiger charge is 2.24. The van der Waals surface area contributed by atoms with Gasteiger partial charge in [0, 0.05) is 44.7 Å². The minimum Gasteiger partial charge on any atom is -0.494 e. The molecule has 2 aromatic heterocycles. The summed E-state index contributed by atoms with van der Waals surface area (Å²) in [6.45, 7) is 6.33. The van der Waals surface area contributed by atoms with E-state index in [1.165, 1.54) is 0 Å². The lowest BCUT2D eigenvalue weighted by atomic mass is 10.2. The molecule has 11 heteroatoms. The number of carbonyl (C=O) groups is 1. The summed E-state index contributed by atoms with van der Waals surface area (Å²) < 4.78 is 17.1. The van der Waals surface area contributed by atoms with Crippen molar-refractivity contribution in [2.24, 2.45) is 0 Å². The number of H-pyrrole nitrogens is 1.